The van der Waals surface area contributed by atoms with Gasteiger partial charge in [0.2, 0.25) is 0 Å². The summed E-state index contributed by atoms with van der Waals surface area (Å²) in [6.45, 7) is 9.00. The molecule has 106 valence electrons. The molecule has 1 amide bonds. The standard InChI is InChI=1S/C14H23N3O2/c1-5-17(6-2)13(19)12-9-11(7-8-15-12)16-14(3,4)10-18/h7-9,18H,5-6,10H2,1-4H3,(H,15,16). The van der Waals surface area contributed by atoms with E-state index in [1.54, 1.807) is 23.2 Å². The van der Waals surface area contributed by atoms with Gasteiger partial charge in [-0.1, -0.05) is 0 Å². The SMILES string of the molecule is CCN(CC)C(=O)c1cc(NC(C)(C)CO)ccn1. The molecule has 5 nitrogen and oxygen atoms in total. The molecule has 0 aromatic carbocycles. The molecule has 0 fully saturated rings. The number of hydrogen-bond donors (Lipinski definition) is 2. The molecule has 0 atom stereocenters. The molecule has 0 aliphatic carbocycles. The maximum absolute atomic E-state index is 12.2. The van der Waals surface area contributed by atoms with Crippen LogP contribution < -0.4 is 5.32 Å². The fourth-order valence-electron chi connectivity index (χ4n) is 1.73. The van der Waals surface area contributed by atoms with Crippen molar-refractivity contribution >= 4 is 11.6 Å². The zero-order valence-corrected chi connectivity index (χ0v) is 12.1. The van der Waals surface area contributed by atoms with Crippen molar-refractivity contribution in [2.75, 3.05) is 25.0 Å². The van der Waals surface area contributed by atoms with E-state index in [1.807, 2.05) is 27.7 Å². The smallest absolute Gasteiger partial charge is 0.272 e. The predicted octanol–water partition coefficient (Wildman–Crippen LogP) is 1.75. The Kier molecular flexibility index (Phi) is 5.30. The Bertz CT molecular complexity index is 428. The Balaban J connectivity index is 2.91. The van der Waals surface area contributed by atoms with Crippen molar-refractivity contribution in [1.29, 1.82) is 0 Å². The highest BCUT2D eigenvalue weighted by Gasteiger charge is 2.18. The number of nitrogens with one attached hydrogen (secondary N) is 1. The molecule has 5 heteroatoms. The summed E-state index contributed by atoms with van der Waals surface area (Å²) < 4.78 is 0. The fraction of sp³-hybridized carbons (Fsp3) is 0.571. The van der Waals surface area contributed by atoms with E-state index in [2.05, 4.69) is 10.3 Å². The number of amides is 1. The van der Waals surface area contributed by atoms with Gasteiger partial charge in [-0.25, -0.2) is 0 Å². The normalized spacial score (nSPS) is 11.2. The first-order valence-corrected chi connectivity index (χ1v) is 6.58. The van der Waals surface area contributed by atoms with E-state index in [-0.39, 0.29) is 12.5 Å². The lowest BCUT2D eigenvalue weighted by molar-refractivity contribution is 0.0767. The lowest BCUT2D eigenvalue weighted by Crippen LogP contribution is -2.35. The van der Waals surface area contributed by atoms with E-state index >= 15 is 0 Å². The monoisotopic (exact) mass is 265 g/mol. The van der Waals surface area contributed by atoms with Gasteiger partial charge in [0.25, 0.3) is 5.91 Å². The summed E-state index contributed by atoms with van der Waals surface area (Å²) in [6.07, 6.45) is 1.60. The third kappa shape index (κ3) is 4.21. The highest BCUT2D eigenvalue weighted by molar-refractivity contribution is 5.93. The Morgan fingerprint density at radius 2 is 2.05 bits per heavy atom. The lowest BCUT2D eigenvalue weighted by atomic mass is 10.1. The lowest BCUT2D eigenvalue weighted by Gasteiger charge is -2.25. The zero-order valence-electron chi connectivity index (χ0n) is 12.1. The summed E-state index contributed by atoms with van der Waals surface area (Å²) in [6, 6.07) is 3.51. The van der Waals surface area contributed by atoms with Gasteiger partial charge in [0.1, 0.15) is 5.69 Å². The largest absolute Gasteiger partial charge is 0.394 e. The van der Waals surface area contributed by atoms with Gasteiger partial charge in [0.15, 0.2) is 0 Å². The minimum Gasteiger partial charge on any atom is -0.394 e. The first-order chi connectivity index (χ1) is 8.93. The number of rotatable bonds is 6. The van der Waals surface area contributed by atoms with Crippen molar-refractivity contribution in [3.63, 3.8) is 0 Å². The number of pyridine rings is 1. The van der Waals surface area contributed by atoms with Crippen molar-refractivity contribution < 1.29 is 9.90 Å². The van der Waals surface area contributed by atoms with Crippen LogP contribution >= 0.6 is 0 Å². The van der Waals surface area contributed by atoms with Gasteiger partial charge >= 0.3 is 0 Å². The third-order valence-corrected chi connectivity index (χ3v) is 2.91. The minimum atomic E-state index is -0.434. The molecular formula is C14H23N3O2. The van der Waals surface area contributed by atoms with Gasteiger partial charge in [-0.3, -0.25) is 9.78 Å². The molecule has 0 spiro atoms. The van der Waals surface area contributed by atoms with E-state index in [9.17, 15) is 9.90 Å². The zero-order chi connectivity index (χ0) is 14.5. The molecule has 0 aliphatic heterocycles. The highest BCUT2D eigenvalue weighted by Crippen LogP contribution is 2.15. The van der Waals surface area contributed by atoms with Crippen molar-refractivity contribution in [3.8, 4) is 0 Å². The summed E-state index contributed by atoms with van der Waals surface area (Å²) in [5.41, 5.74) is 0.767. The van der Waals surface area contributed by atoms with Crippen LogP contribution in [-0.2, 0) is 0 Å². The molecule has 0 radical (unpaired) electrons. The van der Waals surface area contributed by atoms with Crippen LogP contribution in [0.4, 0.5) is 5.69 Å². The van der Waals surface area contributed by atoms with Gasteiger partial charge in [0, 0.05) is 25.0 Å². The average molecular weight is 265 g/mol. The second kappa shape index (κ2) is 6.52. The highest BCUT2D eigenvalue weighted by atomic mass is 16.3. The Labute approximate surface area is 114 Å². The minimum absolute atomic E-state index is 0.00858. The van der Waals surface area contributed by atoms with Crippen LogP contribution in [0.3, 0.4) is 0 Å². The number of aromatic nitrogens is 1. The molecule has 2 N–H and O–H groups in total. The fourth-order valence-corrected chi connectivity index (χ4v) is 1.73. The Morgan fingerprint density at radius 1 is 1.42 bits per heavy atom. The van der Waals surface area contributed by atoms with Crippen LogP contribution in [0.15, 0.2) is 18.3 Å². The number of hydrogen-bond acceptors (Lipinski definition) is 4. The number of anilines is 1. The van der Waals surface area contributed by atoms with E-state index in [0.29, 0.717) is 18.8 Å². The summed E-state index contributed by atoms with van der Waals surface area (Å²) >= 11 is 0. The van der Waals surface area contributed by atoms with Gasteiger partial charge < -0.3 is 15.3 Å². The molecular weight excluding hydrogens is 242 g/mol. The van der Waals surface area contributed by atoms with Crippen LogP contribution in [0.1, 0.15) is 38.2 Å². The first-order valence-electron chi connectivity index (χ1n) is 6.58. The summed E-state index contributed by atoms with van der Waals surface area (Å²) in [5.74, 6) is -0.0737. The predicted molar refractivity (Wildman–Crippen MR) is 76.3 cm³/mol. The summed E-state index contributed by atoms with van der Waals surface area (Å²) in [5, 5.41) is 12.4. The maximum atomic E-state index is 12.2. The van der Waals surface area contributed by atoms with Crippen molar-refractivity contribution in [1.82, 2.24) is 9.88 Å². The Hall–Kier alpha value is -1.62. The molecule has 1 aromatic heterocycles. The second-order valence-corrected chi connectivity index (χ2v) is 5.07. The molecule has 1 aromatic rings. The van der Waals surface area contributed by atoms with Crippen LogP contribution in [0.5, 0.6) is 0 Å². The van der Waals surface area contributed by atoms with Crippen LogP contribution in [0.2, 0.25) is 0 Å². The molecule has 1 heterocycles. The number of aliphatic hydroxyl groups is 1. The van der Waals surface area contributed by atoms with Crippen LogP contribution in [0.25, 0.3) is 0 Å². The molecule has 0 bridgehead atoms. The summed E-state index contributed by atoms with van der Waals surface area (Å²) in [4.78, 5) is 18.0. The second-order valence-electron chi connectivity index (χ2n) is 5.07. The summed E-state index contributed by atoms with van der Waals surface area (Å²) in [7, 11) is 0. The van der Waals surface area contributed by atoms with E-state index < -0.39 is 5.54 Å². The molecule has 1 rings (SSSR count). The number of carbonyl (C=O) groups excluding carboxylic acids is 1. The van der Waals surface area contributed by atoms with Gasteiger partial charge in [-0.05, 0) is 39.8 Å². The van der Waals surface area contributed by atoms with Crippen LogP contribution in [0, 0.1) is 0 Å². The molecule has 0 saturated carbocycles. The topological polar surface area (TPSA) is 65.5 Å². The quantitative estimate of drug-likeness (QED) is 0.822. The van der Waals surface area contributed by atoms with Gasteiger partial charge in [-0.15, -0.1) is 0 Å². The Morgan fingerprint density at radius 3 is 2.58 bits per heavy atom. The number of nitrogens with zero attached hydrogens (tertiary/aromatic N) is 2. The molecule has 0 unspecified atom stereocenters. The number of carbonyl (C=O) groups is 1. The first kappa shape index (κ1) is 15.4. The van der Waals surface area contributed by atoms with Gasteiger partial charge in [0.05, 0.1) is 12.1 Å². The molecule has 0 saturated heterocycles. The van der Waals surface area contributed by atoms with Crippen molar-refractivity contribution in [2.45, 2.75) is 33.2 Å². The van der Waals surface area contributed by atoms with E-state index in [1.165, 1.54) is 0 Å². The van der Waals surface area contributed by atoms with Crippen molar-refractivity contribution in [2.24, 2.45) is 0 Å². The van der Waals surface area contributed by atoms with Gasteiger partial charge in [-0.2, -0.15) is 0 Å². The average Bonchev–Trinajstić information content (AvgIpc) is 2.40. The molecule has 0 aliphatic rings. The number of aliphatic hydroxyl groups excluding tert-OH is 1. The molecule has 19 heavy (non-hydrogen) atoms. The van der Waals surface area contributed by atoms with Crippen LogP contribution in [-0.4, -0.2) is 46.1 Å². The van der Waals surface area contributed by atoms with Crippen molar-refractivity contribution in [3.05, 3.63) is 24.0 Å². The maximum Gasteiger partial charge on any atom is 0.272 e. The third-order valence-electron chi connectivity index (χ3n) is 2.91. The van der Waals surface area contributed by atoms with E-state index in [4.69, 9.17) is 0 Å². The van der Waals surface area contributed by atoms with E-state index in [0.717, 1.165) is 5.69 Å².